The summed E-state index contributed by atoms with van der Waals surface area (Å²) in [6.45, 7) is 13.1. The second-order valence-electron chi connectivity index (χ2n) is 16.0. The Morgan fingerprint density at radius 1 is 0.903 bits per heavy atom. The second kappa shape index (κ2) is 16.8. The summed E-state index contributed by atoms with van der Waals surface area (Å²) in [7, 11) is 1.48. The number of benzene rings is 2. The van der Waals surface area contributed by atoms with E-state index in [1.54, 1.807) is 45.1 Å². The molecule has 3 aliphatic rings. The summed E-state index contributed by atoms with van der Waals surface area (Å²) in [6, 6.07) is 8.36. The zero-order valence-corrected chi connectivity index (χ0v) is 35.5. The van der Waals surface area contributed by atoms with Crippen molar-refractivity contribution in [3.63, 3.8) is 0 Å². The highest BCUT2D eigenvalue weighted by Crippen LogP contribution is 2.40. The van der Waals surface area contributed by atoms with E-state index in [9.17, 15) is 19.2 Å². The van der Waals surface area contributed by atoms with Crippen LogP contribution in [0.3, 0.4) is 0 Å². The highest BCUT2D eigenvalue weighted by Gasteiger charge is 2.38. The maximum Gasteiger partial charge on any atom is 0.276 e. The molecule has 0 aliphatic carbocycles. The minimum absolute atomic E-state index is 0.198. The number of likely N-dealkylation sites (tertiary alicyclic amines) is 1. The third-order valence-corrected chi connectivity index (χ3v) is 11.9. The molecule has 3 aromatic heterocycles. The van der Waals surface area contributed by atoms with Gasteiger partial charge in [-0.05, 0) is 88.5 Å². The molecule has 8 rings (SSSR count). The summed E-state index contributed by atoms with van der Waals surface area (Å²) >= 11 is 0. The van der Waals surface area contributed by atoms with Gasteiger partial charge in [0.05, 0.1) is 41.1 Å². The van der Waals surface area contributed by atoms with Crippen molar-refractivity contribution < 1.29 is 23.9 Å². The number of aryl methyl sites for hydroxylation is 4. The number of primary amides is 2. The Morgan fingerprint density at radius 3 is 2.27 bits per heavy atom. The Kier molecular flexibility index (Phi) is 11.4. The zero-order chi connectivity index (χ0) is 44.0. The first kappa shape index (κ1) is 41.8. The van der Waals surface area contributed by atoms with E-state index in [0.717, 1.165) is 37.4 Å². The van der Waals surface area contributed by atoms with Gasteiger partial charge >= 0.3 is 0 Å². The molecule has 0 saturated carbocycles. The monoisotopic (exact) mass is 847 g/mol. The molecule has 2 saturated heterocycles. The van der Waals surface area contributed by atoms with E-state index in [0.29, 0.717) is 82.3 Å². The number of anilines is 4. The standard InChI is InChI=1S/C42H53N15O5/c1-6-56-31(12-22(3)51-56)39(60)49-41-48-30-15-25(38(45)59)16-32(62-5)35(30)55(41)11-9-8-10-54-34-26(19-53-20-27-17-46-18-28(27)21-53)13-24(37(44)58)14-29(34)47-42(54)50-40(61)36-33(43)23(4)52-57(36)7-2/h8-9,12-16,27-28,42,46-47H,6-7,10-11,17-21,43H2,1-5H3,(H2,44,58)(H2,45,59)(H,50,61)(H,48,49,60)/b9-8+/t27-,28+,42?. The average molecular weight is 848 g/mol. The molecule has 3 atom stereocenters. The van der Waals surface area contributed by atoms with Gasteiger partial charge in [-0.25, -0.2) is 4.98 Å². The van der Waals surface area contributed by atoms with E-state index in [1.807, 2.05) is 43.9 Å². The van der Waals surface area contributed by atoms with Gasteiger partial charge < -0.3 is 47.4 Å². The largest absolute Gasteiger partial charge is 0.494 e. The van der Waals surface area contributed by atoms with Crippen molar-refractivity contribution in [2.75, 3.05) is 61.1 Å². The number of carbonyl (C=O) groups excluding carboxylic acids is 4. The highest BCUT2D eigenvalue weighted by atomic mass is 16.5. The van der Waals surface area contributed by atoms with Crippen LogP contribution in [0.2, 0.25) is 0 Å². The normalized spacial score (nSPS) is 18.3. The summed E-state index contributed by atoms with van der Waals surface area (Å²) < 4.78 is 10.7. The van der Waals surface area contributed by atoms with E-state index in [1.165, 1.54) is 7.11 Å². The first-order valence-corrected chi connectivity index (χ1v) is 20.7. The molecule has 20 heteroatoms. The van der Waals surface area contributed by atoms with Crippen molar-refractivity contribution in [2.24, 2.45) is 23.3 Å². The Bertz CT molecular complexity index is 2610. The fourth-order valence-corrected chi connectivity index (χ4v) is 8.95. The summed E-state index contributed by atoms with van der Waals surface area (Å²) in [4.78, 5) is 61.9. The molecule has 326 valence electrons. The number of imidazole rings is 1. The van der Waals surface area contributed by atoms with Crippen LogP contribution < -0.4 is 48.1 Å². The summed E-state index contributed by atoms with van der Waals surface area (Å²) in [5.74, 6) is -0.400. The molecule has 62 heavy (non-hydrogen) atoms. The maximum absolute atomic E-state index is 14.1. The van der Waals surface area contributed by atoms with Crippen LogP contribution in [0, 0.1) is 25.7 Å². The van der Waals surface area contributed by atoms with Crippen LogP contribution >= 0.6 is 0 Å². The van der Waals surface area contributed by atoms with Crippen molar-refractivity contribution in [3.8, 4) is 5.75 Å². The van der Waals surface area contributed by atoms with Crippen molar-refractivity contribution in [2.45, 2.75) is 60.2 Å². The first-order chi connectivity index (χ1) is 29.8. The fourth-order valence-electron chi connectivity index (χ4n) is 8.95. The van der Waals surface area contributed by atoms with E-state index < -0.39 is 29.9 Å². The molecule has 3 aliphatic heterocycles. The molecule has 4 amide bonds. The SMILES string of the molecule is CCn1nc(C)cc1C(=O)Nc1nc2cc(C(N)=O)cc(OC)c2n1C/C=C/CN1c2c(CN3C[C@H]4CNC[C@H]4C3)cc(C(N)=O)cc2NC1NC(=O)c1c(N)c(C)nn1CC. The number of aromatic nitrogens is 6. The molecule has 10 N–H and O–H groups in total. The molecule has 0 bridgehead atoms. The lowest BCUT2D eigenvalue weighted by molar-refractivity contribution is 0.0929. The number of amides is 4. The van der Waals surface area contributed by atoms with Gasteiger partial charge in [-0.2, -0.15) is 10.2 Å². The number of nitrogens with two attached hydrogens (primary N) is 3. The number of ether oxygens (including phenoxy) is 1. The van der Waals surface area contributed by atoms with Gasteiger partial charge in [-0.15, -0.1) is 0 Å². The van der Waals surface area contributed by atoms with Crippen molar-refractivity contribution in [1.82, 2.24) is 44.6 Å². The molecule has 1 unspecified atom stereocenters. The fraction of sp³-hybridized carbons (Fsp3) is 0.405. The lowest BCUT2D eigenvalue weighted by Crippen LogP contribution is -2.50. The van der Waals surface area contributed by atoms with Crippen molar-refractivity contribution in [1.29, 1.82) is 0 Å². The lowest BCUT2D eigenvalue weighted by atomic mass is 10.0. The van der Waals surface area contributed by atoms with Gasteiger partial charge in [-0.3, -0.25) is 38.8 Å². The third-order valence-electron chi connectivity index (χ3n) is 11.9. The molecule has 2 aromatic carbocycles. The number of allylic oxidation sites excluding steroid dienone is 1. The Balaban J connectivity index is 1.15. The van der Waals surface area contributed by atoms with Gasteiger partial charge in [0, 0.05) is 56.9 Å². The highest BCUT2D eigenvalue weighted by molar-refractivity contribution is 6.04. The smallest absolute Gasteiger partial charge is 0.276 e. The first-order valence-electron chi connectivity index (χ1n) is 20.7. The van der Waals surface area contributed by atoms with Gasteiger partial charge in [0.1, 0.15) is 22.7 Å². The lowest BCUT2D eigenvalue weighted by Gasteiger charge is -2.29. The predicted octanol–water partition coefficient (Wildman–Crippen LogP) is 1.98. The van der Waals surface area contributed by atoms with Crippen LogP contribution in [-0.2, 0) is 26.2 Å². The molecule has 6 heterocycles. The van der Waals surface area contributed by atoms with Gasteiger partial charge in [-0.1, -0.05) is 12.2 Å². The molecule has 0 radical (unpaired) electrons. The Hall–Kier alpha value is -6.93. The minimum atomic E-state index is -0.769. The molecule has 5 aromatic rings. The summed E-state index contributed by atoms with van der Waals surface area (Å²) in [6.07, 6.45) is 3.09. The van der Waals surface area contributed by atoms with Crippen LogP contribution in [0.1, 0.15) is 72.5 Å². The van der Waals surface area contributed by atoms with Crippen LogP contribution in [0.5, 0.6) is 5.75 Å². The number of rotatable bonds is 15. The topological polar surface area (TPSA) is 264 Å². The van der Waals surface area contributed by atoms with Gasteiger partial charge in [0.15, 0.2) is 6.29 Å². The Labute approximate surface area is 357 Å². The number of hydrogen-bond donors (Lipinski definition) is 7. The maximum atomic E-state index is 14.1. The number of methoxy groups -OCH3 is 1. The molecular weight excluding hydrogens is 795 g/mol. The summed E-state index contributed by atoms with van der Waals surface area (Å²) in [5, 5.41) is 21.9. The third kappa shape index (κ3) is 7.77. The van der Waals surface area contributed by atoms with Crippen molar-refractivity contribution in [3.05, 3.63) is 81.9 Å². The Morgan fingerprint density at radius 2 is 1.60 bits per heavy atom. The van der Waals surface area contributed by atoms with E-state index in [4.69, 9.17) is 26.9 Å². The summed E-state index contributed by atoms with van der Waals surface area (Å²) in [5.41, 5.74) is 23.9. The van der Waals surface area contributed by atoms with Crippen LogP contribution in [-0.4, -0.2) is 104 Å². The number of fused-ring (bicyclic) bond motifs is 3. The predicted molar refractivity (Wildman–Crippen MR) is 234 cm³/mol. The minimum Gasteiger partial charge on any atom is -0.494 e. The van der Waals surface area contributed by atoms with Crippen LogP contribution in [0.15, 0.2) is 42.5 Å². The number of nitrogen functional groups attached to an aromatic ring is 1. The average Bonchev–Trinajstić information content (AvgIpc) is 4.09. The van der Waals surface area contributed by atoms with E-state index >= 15 is 0 Å². The molecular formula is C42H53N15O5. The number of hydrogen-bond acceptors (Lipinski definition) is 13. The zero-order valence-electron chi connectivity index (χ0n) is 35.5. The van der Waals surface area contributed by atoms with Gasteiger partial charge in [0.2, 0.25) is 17.8 Å². The van der Waals surface area contributed by atoms with E-state index in [-0.39, 0.29) is 30.3 Å². The quantitative estimate of drug-likeness (QED) is 0.0745. The van der Waals surface area contributed by atoms with Crippen LogP contribution in [0.4, 0.5) is 23.0 Å². The van der Waals surface area contributed by atoms with E-state index in [2.05, 4.69) is 36.4 Å². The molecule has 20 nitrogen and oxygen atoms in total. The number of nitrogens with zero attached hydrogens (tertiary/aromatic N) is 8. The van der Waals surface area contributed by atoms with Crippen LogP contribution in [0.25, 0.3) is 11.0 Å². The molecule has 0 spiro atoms. The second-order valence-corrected chi connectivity index (χ2v) is 16.0. The van der Waals surface area contributed by atoms with Gasteiger partial charge in [0.25, 0.3) is 11.8 Å². The number of nitrogens with one attached hydrogen (secondary N) is 4. The van der Waals surface area contributed by atoms with Crippen molar-refractivity contribution >= 4 is 57.7 Å². The molecule has 2 fully saturated rings. The number of carbonyl (C=O) groups is 4.